The Hall–Kier alpha value is -2.43. The van der Waals surface area contributed by atoms with Crippen molar-refractivity contribution < 1.29 is 9.32 Å². The van der Waals surface area contributed by atoms with Crippen LogP contribution in [-0.2, 0) is 16.6 Å². The van der Waals surface area contributed by atoms with E-state index in [1.165, 1.54) is 5.56 Å². The monoisotopic (exact) mass is 327 g/mol. The van der Waals surface area contributed by atoms with Crippen molar-refractivity contribution in [2.75, 3.05) is 6.54 Å². The number of amides is 1. The van der Waals surface area contributed by atoms with Gasteiger partial charge in [0.25, 0.3) is 0 Å². The molecule has 0 atom stereocenters. The van der Waals surface area contributed by atoms with E-state index in [0.717, 1.165) is 5.56 Å². The van der Waals surface area contributed by atoms with Crippen LogP contribution in [0.2, 0.25) is 0 Å². The summed E-state index contributed by atoms with van der Waals surface area (Å²) in [7, 11) is 0. The number of rotatable bonds is 7. The topological polar surface area (TPSA) is 68.0 Å². The van der Waals surface area contributed by atoms with E-state index in [0.29, 0.717) is 37.5 Å². The first-order valence-electron chi connectivity index (χ1n) is 8.21. The Labute approximate surface area is 143 Å². The van der Waals surface area contributed by atoms with Gasteiger partial charge in [0.2, 0.25) is 17.6 Å². The third-order valence-electron chi connectivity index (χ3n) is 3.72. The molecule has 0 aliphatic carbocycles. The van der Waals surface area contributed by atoms with Gasteiger partial charge in [-0.1, -0.05) is 56.3 Å². The normalized spacial score (nSPS) is 11.3. The minimum Gasteiger partial charge on any atom is -0.353 e. The summed E-state index contributed by atoms with van der Waals surface area (Å²) in [6.45, 7) is 10.6. The van der Waals surface area contributed by atoms with Crippen molar-refractivity contribution in [3.8, 4) is 11.4 Å². The Morgan fingerprint density at radius 3 is 2.62 bits per heavy atom. The van der Waals surface area contributed by atoms with Crippen LogP contribution in [0.15, 0.2) is 41.4 Å². The van der Waals surface area contributed by atoms with Gasteiger partial charge in [-0.25, -0.2) is 0 Å². The first kappa shape index (κ1) is 17.9. The Balaban J connectivity index is 1.91. The molecule has 0 saturated carbocycles. The molecule has 0 unspecified atom stereocenters. The number of aromatic nitrogens is 2. The standard InChI is InChI=1S/C19H25N3O2/c1-5-13-20-16(23)7-6-8-17-21-18(22-24-17)14-9-11-15(12-10-14)19(2,3)4/h5,9-12H,1,6-8,13H2,2-4H3,(H,20,23). The zero-order valence-corrected chi connectivity index (χ0v) is 14.6. The average Bonchev–Trinajstić information content (AvgIpc) is 3.01. The molecule has 0 fully saturated rings. The molecular weight excluding hydrogens is 302 g/mol. The summed E-state index contributed by atoms with van der Waals surface area (Å²) in [5.74, 6) is 1.15. The van der Waals surface area contributed by atoms with Crippen LogP contribution in [0.3, 0.4) is 0 Å². The van der Waals surface area contributed by atoms with Crippen molar-refractivity contribution in [3.05, 3.63) is 48.4 Å². The van der Waals surface area contributed by atoms with Gasteiger partial charge in [0.1, 0.15) is 0 Å². The number of aryl methyl sites for hydroxylation is 1. The molecule has 128 valence electrons. The molecule has 1 heterocycles. The predicted octanol–water partition coefficient (Wildman–Crippen LogP) is 3.66. The van der Waals surface area contributed by atoms with E-state index >= 15 is 0 Å². The van der Waals surface area contributed by atoms with E-state index in [1.807, 2.05) is 12.1 Å². The first-order valence-corrected chi connectivity index (χ1v) is 8.21. The minimum absolute atomic E-state index is 0.00686. The lowest BCUT2D eigenvalue weighted by Gasteiger charge is -2.18. The number of hydrogen-bond donors (Lipinski definition) is 1. The van der Waals surface area contributed by atoms with Crippen molar-refractivity contribution in [1.29, 1.82) is 0 Å². The van der Waals surface area contributed by atoms with Gasteiger partial charge in [0.15, 0.2) is 0 Å². The van der Waals surface area contributed by atoms with Crippen LogP contribution in [0, 0.1) is 0 Å². The molecule has 1 aromatic carbocycles. The van der Waals surface area contributed by atoms with Crippen LogP contribution in [0.1, 0.15) is 45.1 Å². The summed E-state index contributed by atoms with van der Waals surface area (Å²) >= 11 is 0. The van der Waals surface area contributed by atoms with E-state index in [9.17, 15) is 4.79 Å². The fourth-order valence-corrected chi connectivity index (χ4v) is 2.27. The molecule has 1 amide bonds. The Kier molecular flexibility index (Phi) is 5.90. The van der Waals surface area contributed by atoms with Gasteiger partial charge in [0, 0.05) is 24.9 Å². The molecule has 24 heavy (non-hydrogen) atoms. The zero-order valence-electron chi connectivity index (χ0n) is 14.6. The van der Waals surface area contributed by atoms with Crippen LogP contribution in [-0.4, -0.2) is 22.6 Å². The van der Waals surface area contributed by atoms with E-state index in [2.05, 4.69) is 54.9 Å². The Morgan fingerprint density at radius 2 is 2.00 bits per heavy atom. The van der Waals surface area contributed by atoms with Crippen LogP contribution in [0.25, 0.3) is 11.4 Å². The second-order valence-corrected chi connectivity index (χ2v) is 6.79. The van der Waals surface area contributed by atoms with E-state index in [1.54, 1.807) is 6.08 Å². The second kappa shape index (κ2) is 7.90. The van der Waals surface area contributed by atoms with Crippen molar-refractivity contribution in [2.24, 2.45) is 0 Å². The lowest BCUT2D eigenvalue weighted by molar-refractivity contribution is -0.120. The van der Waals surface area contributed by atoms with Crippen molar-refractivity contribution in [3.63, 3.8) is 0 Å². The smallest absolute Gasteiger partial charge is 0.226 e. The summed E-state index contributed by atoms with van der Waals surface area (Å²) in [5, 5.41) is 6.77. The predicted molar refractivity (Wildman–Crippen MR) is 94.6 cm³/mol. The molecule has 5 nitrogen and oxygen atoms in total. The number of nitrogens with one attached hydrogen (secondary N) is 1. The second-order valence-electron chi connectivity index (χ2n) is 6.79. The highest BCUT2D eigenvalue weighted by Gasteiger charge is 2.14. The van der Waals surface area contributed by atoms with Gasteiger partial charge in [0.05, 0.1) is 0 Å². The summed E-state index contributed by atoms with van der Waals surface area (Å²) in [6.07, 6.45) is 3.36. The summed E-state index contributed by atoms with van der Waals surface area (Å²) in [5.41, 5.74) is 2.31. The van der Waals surface area contributed by atoms with Gasteiger partial charge in [-0.2, -0.15) is 4.98 Å². The quantitative estimate of drug-likeness (QED) is 0.788. The summed E-state index contributed by atoms with van der Waals surface area (Å²) < 4.78 is 5.27. The maximum Gasteiger partial charge on any atom is 0.226 e. The van der Waals surface area contributed by atoms with Crippen molar-refractivity contribution >= 4 is 5.91 Å². The van der Waals surface area contributed by atoms with Gasteiger partial charge in [-0.05, 0) is 17.4 Å². The number of carbonyl (C=O) groups excluding carboxylic acids is 1. The number of benzene rings is 1. The Morgan fingerprint density at radius 1 is 1.29 bits per heavy atom. The van der Waals surface area contributed by atoms with Gasteiger partial charge in [-0.3, -0.25) is 4.79 Å². The summed E-state index contributed by atoms with van der Waals surface area (Å²) in [6, 6.07) is 8.21. The molecule has 1 N–H and O–H groups in total. The zero-order chi connectivity index (χ0) is 17.6. The third kappa shape index (κ3) is 5.05. The van der Waals surface area contributed by atoms with Gasteiger partial charge >= 0.3 is 0 Å². The maximum absolute atomic E-state index is 11.5. The summed E-state index contributed by atoms with van der Waals surface area (Å²) in [4.78, 5) is 15.9. The Bertz CT molecular complexity index is 681. The lowest BCUT2D eigenvalue weighted by atomic mass is 9.87. The highest BCUT2D eigenvalue weighted by molar-refractivity contribution is 5.75. The lowest BCUT2D eigenvalue weighted by Crippen LogP contribution is -2.22. The molecule has 0 spiro atoms. The van der Waals surface area contributed by atoms with Crippen molar-refractivity contribution in [2.45, 2.75) is 45.4 Å². The molecule has 2 rings (SSSR count). The molecule has 1 aromatic heterocycles. The number of hydrogen-bond acceptors (Lipinski definition) is 4. The first-order chi connectivity index (χ1) is 11.4. The molecule has 5 heteroatoms. The fourth-order valence-electron chi connectivity index (χ4n) is 2.27. The van der Waals surface area contributed by atoms with Crippen LogP contribution >= 0.6 is 0 Å². The van der Waals surface area contributed by atoms with Gasteiger partial charge in [-0.15, -0.1) is 6.58 Å². The third-order valence-corrected chi connectivity index (χ3v) is 3.72. The molecule has 2 aromatic rings. The van der Waals surface area contributed by atoms with Crippen LogP contribution in [0.5, 0.6) is 0 Å². The number of carbonyl (C=O) groups is 1. The number of nitrogens with zero attached hydrogens (tertiary/aromatic N) is 2. The minimum atomic E-state index is 0.00686. The van der Waals surface area contributed by atoms with Crippen LogP contribution in [0.4, 0.5) is 0 Å². The average molecular weight is 327 g/mol. The molecule has 0 aliphatic rings. The van der Waals surface area contributed by atoms with E-state index in [-0.39, 0.29) is 11.3 Å². The molecular formula is C19H25N3O2. The van der Waals surface area contributed by atoms with Crippen LogP contribution < -0.4 is 5.32 Å². The highest BCUT2D eigenvalue weighted by Crippen LogP contribution is 2.25. The molecule has 0 saturated heterocycles. The molecule has 0 radical (unpaired) electrons. The maximum atomic E-state index is 11.5. The highest BCUT2D eigenvalue weighted by atomic mass is 16.5. The molecule has 0 aliphatic heterocycles. The largest absolute Gasteiger partial charge is 0.353 e. The van der Waals surface area contributed by atoms with Crippen molar-refractivity contribution in [1.82, 2.24) is 15.5 Å². The van der Waals surface area contributed by atoms with E-state index < -0.39 is 0 Å². The fraction of sp³-hybridized carbons (Fsp3) is 0.421. The van der Waals surface area contributed by atoms with Gasteiger partial charge < -0.3 is 9.84 Å². The molecule has 0 bridgehead atoms. The van der Waals surface area contributed by atoms with E-state index in [4.69, 9.17) is 4.52 Å². The SMILES string of the molecule is C=CCNC(=O)CCCc1nc(-c2ccc(C(C)(C)C)cc2)no1.